The number of nitrogens with zero attached hydrogens (tertiary/aromatic N) is 3. The molecule has 1 aromatic carbocycles. The van der Waals surface area contributed by atoms with Crippen molar-refractivity contribution in [2.75, 3.05) is 6.54 Å². The van der Waals surface area contributed by atoms with Gasteiger partial charge in [-0.05, 0) is 43.5 Å². The van der Waals surface area contributed by atoms with Crippen LogP contribution in [-0.4, -0.2) is 27.7 Å². The van der Waals surface area contributed by atoms with E-state index in [1.807, 2.05) is 12.1 Å². The number of halogens is 1. The van der Waals surface area contributed by atoms with E-state index >= 15 is 0 Å². The Morgan fingerprint density at radius 3 is 2.61 bits per heavy atom. The van der Waals surface area contributed by atoms with Crippen LogP contribution in [0.25, 0.3) is 0 Å². The second kappa shape index (κ2) is 6.40. The molecule has 3 rings (SSSR count). The van der Waals surface area contributed by atoms with E-state index in [0.717, 1.165) is 19.4 Å². The third-order valence-electron chi connectivity index (χ3n) is 4.33. The molecule has 23 heavy (non-hydrogen) atoms. The van der Waals surface area contributed by atoms with Crippen LogP contribution in [0.15, 0.2) is 28.7 Å². The lowest BCUT2D eigenvalue weighted by Gasteiger charge is -2.23. The number of aromatic nitrogens is 2. The lowest BCUT2D eigenvalue weighted by Crippen LogP contribution is -2.30. The maximum atomic E-state index is 13.0. The van der Waals surface area contributed by atoms with Gasteiger partial charge in [-0.15, -0.1) is 10.2 Å². The molecule has 1 aliphatic rings. The first kappa shape index (κ1) is 16.1. The minimum atomic E-state index is -0.183. The average Bonchev–Trinajstić information content (AvgIpc) is 3.12. The quantitative estimate of drug-likeness (QED) is 0.862. The summed E-state index contributed by atoms with van der Waals surface area (Å²) in [5.41, 5.74) is 1.05. The zero-order valence-electron chi connectivity index (χ0n) is 14.1. The zero-order valence-corrected chi connectivity index (χ0v) is 14.1. The van der Waals surface area contributed by atoms with Gasteiger partial charge >= 0.3 is 0 Å². The highest BCUT2D eigenvalue weighted by atomic mass is 19.1. The molecule has 1 aromatic heterocycles. The fraction of sp³-hybridized carbons (Fsp3) is 0.556. The van der Waals surface area contributed by atoms with Crippen LogP contribution in [0.2, 0.25) is 0 Å². The first-order valence-corrected chi connectivity index (χ1v) is 8.23. The topological polar surface area (TPSA) is 42.2 Å². The summed E-state index contributed by atoms with van der Waals surface area (Å²) in [4.78, 5) is 2.39. The van der Waals surface area contributed by atoms with E-state index in [1.54, 1.807) is 0 Å². The fourth-order valence-corrected chi connectivity index (χ4v) is 3.02. The Bertz CT molecular complexity index is 645. The van der Waals surface area contributed by atoms with Crippen LogP contribution < -0.4 is 0 Å². The summed E-state index contributed by atoms with van der Waals surface area (Å²) in [5.74, 6) is 1.18. The van der Waals surface area contributed by atoms with Crippen molar-refractivity contribution in [2.45, 2.75) is 58.0 Å². The van der Waals surface area contributed by atoms with Gasteiger partial charge in [-0.25, -0.2) is 4.39 Å². The number of hydrogen-bond donors (Lipinski definition) is 0. The van der Waals surface area contributed by atoms with Crippen LogP contribution in [0.1, 0.15) is 51.0 Å². The molecule has 1 unspecified atom stereocenters. The number of hydrogen-bond acceptors (Lipinski definition) is 4. The number of rotatable bonds is 4. The van der Waals surface area contributed by atoms with Crippen molar-refractivity contribution in [1.29, 1.82) is 0 Å². The smallest absolute Gasteiger partial charge is 0.230 e. The minimum Gasteiger partial charge on any atom is -0.423 e. The highest BCUT2D eigenvalue weighted by Crippen LogP contribution is 2.25. The minimum absolute atomic E-state index is 0.121. The largest absolute Gasteiger partial charge is 0.423 e. The van der Waals surface area contributed by atoms with E-state index in [9.17, 15) is 4.39 Å². The Hall–Kier alpha value is -1.75. The van der Waals surface area contributed by atoms with Gasteiger partial charge < -0.3 is 4.42 Å². The normalized spacial score (nSPS) is 19.4. The molecule has 4 nitrogen and oxygen atoms in total. The first-order valence-electron chi connectivity index (χ1n) is 8.23. The Morgan fingerprint density at radius 1 is 1.22 bits per heavy atom. The predicted octanol–water partition coefficient (Wildman–Crippen LogP) is 3.71. The molecule has 1 aliphatic heterocycles. The third-order valence-corrected chi connectivity index (χ3v) is 4.33. The molecule has 0 aliphatic carbocycles. The predicted molar refractivity (Wildman–Crippen MR) is 86.5 cm³/mol. The van der Waals surface area contributed by atoms with Crippen molar-refractivity contribution in [1.82, 2.24) is 15.1 Å². The molecular weight excluding hydrogens is 293 g/mol. The molecule has 5 heteroatoms. The van der Waals surface area contributed by atoms with Crippen LogP contribution in [0.5, 0.6) is 0 Å². The Balaban J connectivity index is 1.65. The van der Waals surface area contributed by atoms with E-state index in [-0.39, 0.29) is 11.2 Å². The van der Waals surface area contributed by atoms with Gasteiger partial charge in [0.1, 0.15) is 5.82 Å². The van der Waals surface area contributed by atoms with Gasteiger partial charge in [0.05, 0.1) is 6.54 Å². The fourth-order valence-electron chi connectivity index (χ4n) is 3.02. The van der Waals surface area contributed by atoms with E-state index < -0.39 is 0 Å². The molecule has 1 atom stereocenters. The molecule has 2 aromatic rings. The number of benzene rings is 1. The average molecular weight is 317 g/mol. The van der Waals surface area contributed by atoms with Crippen molar-refractivity contribution in [3.8, 4) is 0 Å². The molecule has 0 saturated carbocycles. The summed E-state index contributed by atoms with van der Waals surface area (Å²) >= 11 is 0. The van der Waals surface area contributed by atoms with Crippen LogP contribution in [-0.2, 0) is 18.4 Å². The van der Waals surface area contributed by atoms with Gasteiger partial charge in [0.2, 0.25) is 11.8 Å². The van der Waals surface area contributed by atoms with Gasteiger partial charge in [0, 0.05) is 11.5 Å². The highest BCUT2D eigenvalue weighted by Gasteiger charge is 2.27. The van der Waals surface area contributed by atoms with E-state index in [0.29, 0.717) is 24.4 Å². The molecule has 2 heterocycles. The summed E-state index contributed by atoms with van der Waals surface area (Å²) in [5, 5.41) is 8.35. The summed E-state index contributed by atoms with van der Waals surface area (Å²) in [7, 11) is 0. The van der Waals surface area contributed by atoms with Gasteiger partial charge in [0.25, 0.3) is 0 Å². The van der Waals surface area contributed by atoms with Crippen LogP contribution in [0.4, 0.5) is 4.39 Å². The van der Waals surface area contributed by atoms with Crippen LogP contribution in [0.3, 0.4) is 0 Å². The van der Waals surface area contributed by atoms with Gasteiger partial charge in [-0.2, -0.15) is 0 Å². The molecule has 0 N–H and O–H groups in total. The first-order chi connectivity index (χ1) is 10.9. The van der Waals surface area contributed by atoms with E-state index in [1.165, 1.54) is 24.1 Å². The lowest BCUT2D eigenvalue weighted by molar-refractivity contribution is 0.215. The van der Waals surface area contributed by atoms with Crippen molar-refractivity contribution in [2.24, 2.45) is 0 Å². The molecule has 0 spiro atoms. The van der Waals surface area contributed by atoms with E-state index in [4.69, 9.17) is 4.42 Å². The Kier molecular flexibility index (Phi) is 4.48. The number of likely N-dealkylation sites (tertiary alicyclic amines) is 1. The molecule has 1 fully saturated rings. The van der Waals surface area contributed by atoms with Crippen molar-refractivity contribution in [3.63, 3.8) is 0 Å². The standard InChI is InChI=1S/C18H24FN3O/c1-18(2,3)17-21-20-16(23-17)12-22-10-4-5-15(22)11-13-6-8-14(19)9-7-13/h6-9,15H,4-5,10-12H2,1-3H3. The van der Waals surface area contributed by atoms with Gasteiger partial charge in [0.15, 0.2) is 0 Å². The lowest BCUT2D eigenvalue weighted by atomic mass is 9.97. The van der Waals surface area contributed by atoms with E-state index in [2.05, 4.69) is 35.9 Å². The monoisotopic (exact) mass is 317 g/mol. The summed E-state index contributed by atoms with van der Waals surface area (Å²) in [6.07, 6.45) is 3.25. The van der Waals surface area contributed by atoms with Crippen LogP contribution in [0, 0.1) is 5.82 Å². The second-order valence-electron chi connectivity index (χ2n) is 7.35. The van der Waals surface area contributed by atoms with Gasteiger partial charge in [-0.1, -0.05) is 32.9 Å². The van der Waals surface area contributed by atoms with Crippen molar-refractivity contribution >= 4 is 0 Å². The maximum absolute atomic E-state index is 13.0. The maximum Gasteiger partial charge on any atom is 0.230 e. The summed E-state index contributed by atoms with van der Waals surface area (Å²) < 4.78 is 18.8. The summed E-state index contributed by atoms with van der Waals surface area (Å²) in [6, 6.07) is 7.25. The molecule has 0 radical (unpaired) electrons. The Morgan fingerprint density at radius 2 is 1.96 bits per heavy atom. The molecule has 0 amide bonds. The summed E-state index contributed by atoms with van der Waals surface area (Å²) in [6.45, 7) is 7.93. The van der Waals surface area contributed by atoms with Gasteiger partial charge in [-0.3, -0.25) is 4.90 Å². The molecule has 124 valence electrons. The van der Waals surface area contributed by atoms with Crippen LogP contribution >= 0.6 is 0 Å². The molecule has 0 bridgehead atoms. The molecule has 1 saturated heterocycles. The Labute approximate surface area is 136 Å². The zero-order chi connectivity index (χ0) is 16.4. The third kappa shape index (κ3) is 3.96. The van der Waals surface area contributed by atoms with Crippen molar-refractivity contribution < 1.29 is 8.81 Å². The van der Waals surface area contributed by atoms with Crippen molar-refractivity contribution in [3.05, 3.63) is 47.4 Å². The SMILES string of the molecule is CC(C)(C)c1nnc(CN2CCCC2Cc2ccc(F)cc2)o1. The second-order valence-corrected chi connectivity index (χ2v) is 7.35. The highest BCUT2D eigenvalue weighted by molar-refractivity contribution is 5.17. The molecular formula is C18H24FN3O.